The summed E-state index contributed by atoms with van der Waals surface area (Å²) in [5, 5.41) is 1.93. The number of thiazole rings is 1. The van der Waals surface area contributed by atoms with E-state index in [-0.39, 0.29) is 11.7 Å². The number of rotatable bonds is 7. The third-order valence-corrected chi connectivity index (χ3v) is 7.09. The quantitative estimate of drug-likeness (QED) is 0.465. The molecule has 0 fully saturated rings. The smallest absolute Gasteiger partial charge is 0.338 e. The van der Waals surface area contributed by atoms with Crippen LogP contribution in [-0.4, -0.2) is 30.4 Å². The summed E-state index contributed by atoms with van der Waals surface area (Å²) in [6, 6.07) is 8.77. The molecular formula is C25H26N2O5S2. The summed E-state index contributed by atoms with van der Waals surface area (Å²) < 4.78 is 18.6. The Hall–Kier alpha value is -3.17. The van der Waals surface area contributed by atoms with Crippen molar-refractivity contribution in [1.29, 1.82) is 0 Å². The van der Waals surface area contributed by atoms with E-state index in [4.69, 9.17) is 14.2 Å². The third kappa shape index (κ3) is 4.58. The first-order valence-corrected chi connectivity index (χ1v) is 12.6. The molecule has 0 bridgehead atoms. The van der Waals surface area contributed by atoms with Gasteiger partial charge in [0.25, 0.3) is 5.56 Å². The summed E-state index contributed by atoms with van der Waals surface area (Å²) in [5.41, 5.74) is 1.53. The fourth-order valence-electron chi connectivity index (χ4n) is 3.78. The molecule has 34 heavy (non-hydrogen) atoms. The summed E-state index contributed by atoms with van der Waals surface area (Å²) in [5.74, 6) is 0.778. The maximum Gasteiger partial charge on any atom is 0.338 e. The van der Waals surface area contributed by atoms with Gasteiger partial charge in [-0.2, -0.15) is 0 Å². The maximum absolute atomic E-state index is 13.6. The van der Waals surface area contributed by atoms with E-state index in [1.165, 1.54) is 22.7 Å². The number of hydrogen-bond donors (Lipinski definition) is 0. The first-order valence-electron chi connectivity index (χ1n) is 10.9. The zero-order valence-electron chi connectivity index (χ0n) is 19.7. The summed E-state index contributed by atoms with van der Waals surface area (Å²) in [6.45, 7) is 7.82. The number of aromatic nitrogens is 1. The Labute approximate surface area is 205 Å². The van der Waals surface area contributed by atoms with Gasteiger partial charge in [0.1, 0.15) is 6.04 Å². The monoisotopic (exact) mass is 498 g/mol. The lowest BCUT2D eigenvalue weighted by Crippen LogP contribution is -2.39. The molecule has 1 atom stereocenters. The minimum Gasteiger partial charge on any atom is -0.493 e. The highest BCUT2D eigenvalue weighted by Gasteiger charge is 2.34. The molecule has 3 heterocycles. The standard InChI is InChI=1S/C25H26N2O5S2/c1-6-31-17-10-9-16(12-18(17)30-5)13-20-23(28)27-22(19-8-7-11-33-19)21(24(29)32-14(2)3)15(4)26-25(27)34-20/h7-14,22H,6H2,1-5H3/b20-13+/t22-/m0/s1. The molecular weight excluding hydrogens is 472 g/mol. The molecule has 0 saturated heterocycles. The van der Waals surface area contributed by atoms with Gasteiger partial charge in [0, 0.05) is 4.88 Å². The van der Waals surface area contributed by atoms with Gasteiger partial charge in [0.2, 0.25) is 0 Å². The lowest BCUT2D eigenvalue weighted by molar-refractivity contribution is -0.143. The Morgan fingerprint density at radius 2 is 2.06 bits per heavy atom. The van der Waals surface area contributed by atoms with E-state index in [0.717, 1.165) is 10.4 Å². The summed E-state index contributed by atoms with van der Waals surface area (Å²) in [4.78, 5) is 32.7. The number of carbonyl (C=O) groups excluding carboxylic acids is 1. The molecule has 0 unspecified atom stereocenters. The molecule has 2 aromatic heterocycles. The number of methoxy groups -OCH3 is 1. The highest BCUT2D eigenvalue weighted by atomic mass is 32.1. The predicted octanol–water partition coefficient (Wildman–Crippen LogP) is 3.66. The molecule has 1 aromatic carbocycles. The first kappa shape index (κ1) is 24.0. The van der Waals surface area contributed by atoms with Crippen LogP contribution in [0, 0.1) is 0 Å². The molecule has 1 aliphatic rings. The van der Waals surface area contributed by atoms with E-state index >= 15 is 0 Å². The van der Waals surface area contributed by atoms with Gasteiger partial charge in [-0.1, -0.05) is 23.5 Å². The maximum atomic E-state index is 13.6. The number of hydrogen-bond acceptors (Lipinski definition) is 8. The van der Waals surface area contributed by atoms with Crippen LogP contribution < -0.4 is 24.4 Å². The van der Waals surface area contributed by atoms with Gasteiger partial charge in [0.15, 0.2) is 16.3 Å². The average molecular weight is 499 g/mol. The molecule has 4 rings (SSSR count). The van der Waals surface area contributed by atoms with Crippen molar-refractivity contribution in [2.45, 2.75) is 39.8 Å². The second-order valence-electron chi connectivity index (χ2n) is 7.89. The van der Waals surface area contributed by atoms with Gasteiger partial charge in [-0.05, 0) is 62.9 Å². The summed E-state index contributed by atoms with van der Waals surface area (Å²) in [7, 11) is 1.58. The molecule has 0 spiro atoms. The minimum absolute atomic E-state index is 0.211. The number of carbonyl (C=O) groups is 1. The van der Waals surface area contributed by atoms with Crippen molar-refractivity contribution < 1.29 is 19.0 Å². The predicted molar refractivity (Wildman–Crippen MR) is 133 cm³/mol. The summed E-state index contributed by atoms with van der Waals surface area (Å²) >= 11 is 2.78. The Kier molecular flexibility index (Phi) is 7.04. The van der Waals surface area contributed by atoms with E-state index in [9.17, 15) is 9.59 Å². The molecule has 0 N–H and O–H groups in total. The normalized spacial score (nSPS) is 15.8. The number of esters is 1. The van der Waals surface area contributed by atoms with Crippen LogP contribution in [0.2, 0.25) is 0 Å². The van der Waals surface area contributed by atoms with Crippen LogP contribution in [0.15, 0.2) is 56.8 Å². The van der Waals surface area contributed by atoms with E-state index < -0.39 is 12.0 Å². The molecule has 7 nitrogen and oxygen atoms in total. The van der Waals surface area contributed by atoms with Gasteiger partial charge in [-0.3, -0.25) is 9.36 Å². The Balaban J connectivity index is 1.86. The van der Waals surface area contributed by atoms with Crippen LogP contribution >= 0.6 is 22.7 Å². The Morgan fingerprint density at radius 3 is 2.71 bits per heavy atom. The second kappa shape index (κ2) is 9.99. The number of benzene rings is 1. The van der Waals surface area contributed by atoms with Gasteiger partial charge < -0.3 is 14.2 Å². The molecule has 0 amide bonds. The molecule has 178 valence electrons. The Morgan fingerprint density at radius 1 is 1.26 bits per heavy atom. The molecule has 0 saturated carbocycles. The third-order valence-electron chi connectivity index (χ3n) is 5.18. The van der Waals surface area contributed by atoms with Gasteiger partial charge >= 0.3 is 5.97 Å². The van der Waals surface area contributed by atoms with Crippen molar-refractivity contribution in [3.63, 3.8) is 0 Å². The fraction of sp³-hybridized carbons (Fsp3) is 0.320. The number of ether oxygens (including phenoxy) is 3. The van der Waals surface area contributed by atoms with Gasteiger partial charge in [0.05, 0.1) is 35.6 Å². The van der Waals surface area contributed by atoms with Crippen molar-refractivity contribution in [1.82, 2.24) is 4.57 Å². The zero-order chi connectivity index (χ0) is 24.4. The lowest BCUT2D eigenvalue weighted by atomic mass is 10.0. The van der Waals surface area contributed by atoms with E-state index in [1.54, 1.807) is 38.5 Å². The van der Waals surface area contributed by atoms with E-state index in [1.807, 2.05) is 42.6 Å². The topological polar surface area (TPSA) is 79.1 Å². The Bertz CT molecular complexity index is 1410. The van der Waals surface area contributed by atoms with Crippen LogP contribution in [-0.2, 0) is 9.53 Å². The van der Waals surface area contributed by atoms with Crippen molar-refractivity contribution >= 4 is 34.7 Å². The lowest BCUT2D eigenvalue weighted by Gasteiger charge is -2.24. The van der Waals surface area contributed by atoms with Gasteiger partial charge in [-0.25, -0.2) is 9.79 Å². The van der Waals surface area contributed by atoms with Crippen molar-refractivity contribution in [2.75, 3.05) is 13.7 Å². The second-order valence-corrected chi connectivity index (χ2v) is 9.88. The van der Waals surface area contributed by atoms with Crippen LogP contribution in [0.3, 0.4) is 0 Å². The largest absolute Gasteiger partial charge is 0.493 e. The molecule has 1 aliphatic heterocycles. The van der Waals surface area contributed by atoms with Crippen LogP contribution in [0.4, 0.5) is 0 Å². The first-order chi connectivity index (χ1) is 16.3. The van der Waals surface area contributed by atoms with Crippen molar-refractivity contribution in [3.8, 4) is 11.5 Å². The minimum atomic E-state index is -0.584. The van der Waals surface area contributed by atoms with Crippen molar-refractivity contribution in [2.24, 2.45) is 4.99 Å². The highest BCUT2D eigenvalue weighted by molar-refractivity contribution is 7.10. The number of fused-ring (bicyclic) bond motifs is 1. The fourth-order valence-corrected chi connectivity index (χ4v) is 5.65. The van der Waals surface area contributed by atoms with Crippen molar-refractivity contribution in [3.05, 3.63) is 77.1 Å². The average Bonchev–Trinajstić information content (AvgIpc) is 3.42. The van der Waals surface area contributed by atoms with E-state index in [2.05, 4.69) is 4.99 Å². The zero-order valence-corrected chi connectivity index (χ0v) is 21.3. The van der Waals surface area contributed by atoms with E-state index in [0.29, 0.717) is 38.7 Å². The molecule has 0 aliphatic carbocycles. The number of allylic oxidation sites excluding steroid dienone is 1. The van der Waals surface area contributed by atoms with Crippen LogP contribution in [0.5, 0.6) is 11.5 Å². The number of thiophene rings is 1. The molecule has 3 aromatic rings. The molecule has 0 radical (unpaired) electrons. The van der Waals surface area contributed by atoms with Crippen LogP contribution in [0.25, 0.3) is 6.08 Å². The molecule has 9 heteroatoms. The summed E-state index contributed by atoms with van der Waals surface area (Å²) in [6.07, 6.45) is 1.52. The number of nitrogens with zero attached hydrogens (tertiary/aromatic N) is 2. The SMILES string of the molecule is CCOc1ccc(/C=c2/sc3n(c2=O)[C@@H](c2cccs2)C(C(=O)OC(C)C)=C(C)N=3)cc1OC. The van der Waals surface area contributed by atoms with Crippen LogP contribution in [0.1, 0.15) is 44.2 Å². The van der Waals surface area contributed by atoms with Gasteiger partial charge in [-0.15, -0.1) is 11.3 Å². The highest BCUT2D eigenvalue weighted by Crippen LogP contribution is 2.33.